The molecule has 1 aromatic heterocycles. The molecule has 1 N–H and O–H groups in total. The van der Waals surface area contributed by atoms with Gasteiger partial charge in [-0.2, -0.15) is 0 Å². The fraction of sp³-hybridized carbons (Fsp3) is 0.375. The van der Waals surface area contributed by atoms with Crippen LogP contribution in [0, 0.1) is 13.8 Å². The quantitative estimate of drug-likeness (QED) is 0.944. The van der Waals surface area contributed by atoms with Crippen LogP contribution in [0.4, 0.5) is 0 Å². The van der Waals surface area contributed by atoms with Gasteiger partial charge in [0, 0.05) is 17.5 Å². The number of rotatable bonds is 3. The standard InChI is InChI=1S/C16H19N3O2S/c1-11-6-8-13(9-7-11)22(20,21)19-16-5-3-4-15-14(16)10-17-12(2)18-15/h6-10,16,19H,3-5H2,1-2H3. The van der Waals surface area contributed by atoms with Crippen molar-refractivity contribution in [1.29, 1.82) is 0 Å². The third-order valence-corrected chi connectivity index (χ3v) is 5.42. The van der Waals surface area contributed by atoms with Crippen molar-refractivity contribution in [3.05, 3.63) is 53.1 Å². The van der Waals surface area contributed by atoms with Crippen LogP contribution in [0.5, 0.6) is 0 Å². The molecule has 3 rings (SSSR count). The molecule has 1 aliphatic carbocycles. The molecular weight excluding hydrogens is 298 g/mol. The van der Waals surface area contributed by atoms with E-state index >= 15 is 0 Å². The molecule has 0 spiro atoms. The lowest BCUT2D eigenvalue weighted by Gasteiger charge is -2.25. The first-order valence-corrected chi connectivity index (χ1v) is 8.85. The molecule has 0 radical (unpaired) electrons. The molecule has 5 nitrogen and oxygen atoms in total. The molecular formula is C16H19N3O2S. The first kappa shape index (κ1) is 15.1. The normalized spacial score (nSPS) is 18.0. The van der Waals surface area contributed by atoms with Gasteiger partial charge in [-0.3, -0.25) is 0 Å². The van der Waals surface area contributed by atoms with Crippen LogP contribution >= 0.6 is 0 Å². The molecule has 1 heterocycles. The van der Waals surface area contributed by atoms with Crippen LogP contribution in [0.1, 0.15) is 41.5 Å². The molecule has 0 saturated carbocycles. The van der Waals surface area contributed by atoms with Gasteiger partial charge in [0.2, 0.25) is 10.0 Å². The maximum atomic E-state index is 12.5. The molecule has 116 valence electrons. The predicted octanol–water partition coefficient (Wildman–Crippen LogP) is 2.45. The summed E-state index contributed by atoms with van der Waals surface area (Å²) in [4.78, 5) is 8.93. The van der Waals surface area contributed by atoms with Gasteiger partial charge in [-0.15, -0.1) is 0 Å². The summed E-state index contributed by atoms with van der Waals surface area (Å²) in [5.74, 6) is 0.723. The van der Waals surface area contributed by atoms with Gasteiger partial charge in [-0.05, 0) is 45.2 Å². The highest BCUT2D eigenvalue weighted by atomic mass is 32.2. The lowest BCUT2D eigenvalue weighted by molar-refractivity contribution is 0.499. The van der Waals surface area contributed by atoms with E-state index in [9.17, 15) is 8.42 Å². The molecule has 1 aliphatic rings. The van der Waals surface area contributed by atoms with E-state index in [1.807, 2.05) is 13.8 Å². The molecule has 1 unspecified atom stereocenters. The van der Waals surface area contributed by atoms with Crippen LogP contribution in [0.2, 0.25) is 0 Å². The summed E-state index contributed by atoms with van der Waals surface area (Å²) in [7, 11) is -3.54. The van der Waals surface area contributed by atoms with Crippen LogP contribution in [0.3, 0.4) is 0 Å². The van der Waals surface area contributed by atoms with Crippen molar-refractivity contribution in [3.63, 3.8) is 0 Å². The van der Waals surface area contributed by atoms with E-state index in [0.717, 1.165) is 41.9 Å². The van der Waals surface area contributed by atoms with Crippen molar-refractivity contribution in [2.24, 2.45) is 0 Å². The van der Waals surface area contributed by atoms with E-state index in [-0.39, 0.29) is 6.04 Å². The average Bonchev–Trinajstić information content (AvgIpc) is 2.47. The summed E-state index contributed by atoms with van der Waals surface area (Å²) in [6.07, 6.45) is 4.32. The van der Waals surface area contributed by atoms with E-state index in [0.29, 0.717) is 4.90 Å². The number of fused-ring (bicyclic) bond motifs is 1. The number of aryl methyl sites for hydroxylation is 3. The minimum absolute atomic E-state index is 0.254. The monoisotopic (exact) mass is 317 g/mol. The summed E-state index contributed by atoms with van der Waals surface area (Å²) in [6, 6.07) is 6.61. The first-order valence-electron chi connectivity index (χ1n) is 7.37. The van der Waals surface area contributed by atoms with Crippen molar-refractivity contribution in [3.8, 4) is 0 Å². The second-order valence-corrected chi connectivity index (χ2v) is 7.41. The van der Waals surface area contributed by atoms with Gasteiger partial charge in [0.15, 0.2) is 0 Å². The summed E-state index contributed by atoms with van der Waals surface area (Å²) in [6.45, 7) is 3.78. The summed E-state index contributed by atoms with van der Waals surface area (Å²) >= 11 is 0. The van der Waals surface area contributed by atoms with E-state index < -0.39 is 10.0 Å². The molecule has 0 fully saturated rings. The Kier molecular flexibility index (Phi) is 3.97. The Labute approximate surface area is 130 Å². The Hall–Kier alpha value is -1.79. The minimum atomic E-state index is -3.54. The first-order chi connectivity index (χ1) is 10.5. The Morgan fingerprint density at radius 3 is 2.64 bits per heavy atom. The van der Waals surface area contributed by atoms with Crippen LogP contribution in [0.15, 0.2) is 35.4 Å². The molecule has 1 atom stereocenters. The Bertz CT molecular complexity index is 786. The molecule has 22 heavy (non-hydrogen) atoms. The van der Waals surface area contributed by atoms with Crippen LogP contribution < -0.4 is 4.72 Å². The lowest BCUT2D eigenvalue weighted by atomic mass is 9.93. The smallest absolute Gasteiger partial charge is 0.241 e. The molecule has 2 aromatic rings. The maximum Gasteiger partial charge on any atom is 0.241 e. The summed E-state index contributed by atoms with van der Waals surface area (Å²) < 4.78 is 27.9. The highest BCUT2D eigenvalue weighted by molar-refractivity contribution is 7.89. The highest BCUT2D eigenvalue weighted by Gasteiger charge is 2.26. The summed E-state index contributed by atoms with van der Waals surface area (Å²) in [5, 5.41) is 0. The molecule has 0 bridgehead atoms. The van der Waals surface area contributed by atoms with E-state index in [4.69, 9.17) is 0 Å². The van der Waals surface area contributed by atoms with Gasteiger partial charge < -0.3 is 0 Å². The largest absolute Gasteiger partial charge is 0.241 e. The van der Waals surface area contributed by atoms with Crippen molar-refractivity contribution in [2.45, 2.75) is 44.0 Å². The van der Waals surface area contributed by atoms with E-state index in [2.05, 4.69) is 14.7 Å². The molecule has 1 aromatic carbocycles. The number of nitrogens with zero attached hydrogens (tertiary/aromatic N) is 2. The van der Waals surface area contributed by atoms with Gasteiger partial charge >= 0.3 is 0 Å². The lowest BCUT2D eigenvalue weighted by Crippen LogP contribution is -2.31. The molecule has 0 saturated heterocycles. The van der Waals surface area contributed by atoms with Gasteiger partial charge in [0.1, 0.15) is 5.82 Å². The van der Waals surface area contributed by atoms with Crippen molar-refractivity contribution < 1.29 is 8.42 Å². The van der Waals surface area contributed by atoms with Crippen LogP contribution in [-0.4, -0.2) is 18.4 Å². The Balaban J connectivity index is 1.89. The fourth-order valence-corrected chi connectivity index (χ4v) is 3.99. The highest BCUT2D eigenvalue weighted by Crippen LogP contribution is 2.29. The van der Waals surface area contributed by atoms with E-state index in [1.54, 1.807) is 30.5 Å². The third kappa shape index (κ3) is 3.03. The van der Waals surface area contributed by atoms with Crippen molar-refractivity contribution in [1.82, 2.24) is 14.7 Å². The molecule has 0 aliphatic heterocycles. The molecule has 6 heteroatoms. The fourth-order valence-electron chi connectivity index (χ4n) is 2.74. The zero-order chi connectivity index (χ0) is 15.7. The van der Waals surface area contributed by atoms with Crippen molar-refractivity contribution in [2.75, 3.05) is 0 Å². The number of hydrogen-bond acceptors (Lipinski definition) is 4. The van der Waals surface area contributed by atoms with Crippen LogP contribution in [-0.2, 0) is 16.4 Å². The topological polar surface area (TPSA) is 72.0 Å². The number of hydrogen-bond donors (Lipinski definition) is 1. The zero-order valence-corrected chi connectivity index (χ0v) is 13.5. The van der Waals surface area contributed by atoms with Crippen LogP contribution in [0.25, 0.3) is 0 Å². The second-order valence-electron chi connectivity index (χ2n) is 5.70. The number of benzene rings is 1. The van der Waals surface area contributed by atoms with Gasteiger partial charge in [0.05, 0.1) is 10.9 Å². The maximum absolute atomic E-state index is 12.5. The predicted molar refractivity (Wildman–Crippen MR) is 83.9 cm³/mol. The number of nitrogens with one attached hydrogen (secondary N) is 1. The average molecular weight is 317 g/mol. The van der Waals surface area contributed by atoms with Gasteiger partial charge in [0.25, 0.3) is 0 Å². The van der Waals surface area contributed by atoms with E-state index in [1.165, 1.54) is 0 Å². The van der Waals surface area contributed by atoms with Gasteiger partial charge in [-0.25, -0.2) is 23.1 Å². The Morgan fingerprint density at radius 2 is 1.91 bits per heavy atom. The minimum Gasteiger partial charge on any atom is -0.241 e. The SMILES string of the molecule is Cc1ccc(S(=O)(=O)NC2CCCc3nc(C)ncc32)cc1. The van der Waals surface area contributed by atoms with Gasteiger partial charge in [-0.1, -0.05) is 17.7 Å². The Morgan fingerprint density at radius 1 is 1.18 bits per heavy atom. The third-order valence-electron chi connectivity index (χ3n) is 3.93. The second kappa shape index (κ2) is 5.78. The number of aromatic nitrogens is 2. The zero-order valence-electron chi connectivity index (χ0n) is 12.7. The molecule has 0 amide bonds. The number of sulfonamides is 1. The summed E-state index contributed by atoms with van der Waals surface area (Å²) in [5.41, 5.74) is 2.88. The van der Waals surface area contributed by atoms with Crippen molar-refractivity contribution >= 4 is 10.0 Å².